The quantitative estimate of drug-likeness (QED) is 0.327. The third-order valence-corrected chi connectivity index (χ3v) is 5.16. The molecule has 0 unspecified atom stereocenters. The number of aromatic nitrogens is 4. The summed E-state index contributed by atoms with van der Waals surface area (Å²) >= 11 is 0. The largest absolute Gasteiger partial charge is 0.464 e. The molecule has 0 aliphatic heterocycles. The molecule has 2 aromatic carbocycles. The number of hydrogen-bond donors (Lipinski definition) is 1. The van der Waals surface area contributed by atoms with Crippen molar-refractivity contribution in [2.75, 3.05) is 0 Å². The van der Waals surface area contributed by atoms with Gasteiger partial charge in [0.05, 0.1) is 16.3 Å². The summed E-state index contributed by atoms with van der Waals surface area (Å²) in [5, 5.41) is 22.8. The third kappa shape index (κ3) is 4.74. The van der Waals surface area contributed by atoms with E-state index in [0.29, 0.717) is 6.54 Å². The molecule has 33 heavy (non-hydrogen) atoms. The Hall–Kier alpha value is -4.47. The van der Waals surface area contributed by atoms with Crippen molar-refractivity contribution in [1.82, 2.24) is 24.9 Å². The Morgan fingerprint density at radius 1 is 1.06 bits per heavy atom. The number of ether oxygens (including phenoxy) is 1. The van der Waals surface area contributed by atoms with Crippen LogP contribution in [0.1, 0.15) is 27.4 Å². The van der Waals surface area contributed by atoms with Crippen LogP contribution in [0.3, 0.4) is 0 Å². The van der Waals surface area contributed by atoms with Crippen molar-refractivity contribution in [3.63, 3.8) is 0 Å². The van der Waals surface area contributed by atoms with Crippen LogP contribution in [0.25, 0.3) is 5.69 Å². The van der Waals surface area contributed by atoms with Gasteiger partial charge in [-0.25, -0.2) is 9.36 Å². The fourth-order valence-corrected chi connectivity index (χ4v) is 3.43. The van der Waals surface area contributed by atoms with Crippen LogP contribution >= 0.6 is 0 Å². The topological polar surface area (TPSA) is 117 Å². The van der Waals surface area contributed by atoms with Crippen LogP contribution in [-0.2, 0) is 13.3 Å². The molecule has 0 atom stereocenters. The maximum absolute atomic E-state index is 12.6. The zero-order valence-corrected chi connectivity index (χ0v) is 18.1. The standard InChI is InChI=1S/C23H22N6O4/c1-16-19(17(2)28(25-16)18-8-4-3-5-9-18)14-24-23(30)20-12-13-27(26-20)15-33-22-11-7-6-10-21(22)29(31)32/h3-13H,14-15H2,1-2H3,(H,24,30). The molecule has 0 bridgehead atoms. The lowest BCUT2D eigenvalue weighted by molar-refractivity contribution is -0.386. The molecule has 0 saturated carbocycles. The van der Waals surface area contributed by atoms with Gasteiger partial charge in [-0.2, -0.15) is 10.2 Å². The van der Waals surface area contributed by atoms with Gasteiger partial charge in [-0.3, -0.25) is 14.9 Å². The number of nitrogens with zero attached hydrogens (tertiary/aromatic N) is 5. The molecule has 0 aliphatic rings. The third-order valence-electron chi connectivity index (χ3n) is 5.16. The smallest absolute Gasteiger partial charge is 0.311 e. The summed E-state index contributed by atoms with van der Waals surface area (Å²) in [6.07, 6.45) is 1.58. The zero-order chi connectivity index (χ0) is 23.4. The summed E-state index contributed by atoms with van der Waals surface area (Å²) in [5.41, 5.74) is 3.75. The maximum Gasteiger partial charge on any atom is 0.311 e. The fourth-order valence-electron chi connectivity index (χ4n) is 3.43. The Labute approximate surface area is 189 Å². The van der Waals surface area contributed by atoms with E-state index in [2.05, 4.69) is 15.5 Å². The number of carbonyl (C=O) groups excluding carboxylic acids is 1. The number of aryl methyl sites for hydroxylation is 1. The first-order valence-electron chi connectivity index (χ1n) is 10.2. The van der Waals surface area contributed by atoms with Crippen molar-refractivity contribution in [2.24, 2.45) is 0 Å². The van der Waals surface area contributed by atoms with Crippen LogP contribution < -0.4 is 10.1 Å². The molecule has 1 amide bonds. The summed E-state index contributed by atoms with van der Waals surface area (Å²) in [6, 6.07) is 17.4. The lowest BCUT2D eigenvalue weighted by atomic mass is 10.2. The number of nitrogens with one attached hydrogen (secondary N) is 1. The molecule has 2 aromatic heterocycles. The number of carbonyl (C=O) groups is 1. The first-order valence-corrected chi connectivity index (χ1v) is 10.2. The average Bonchev–Trinajstić information content (AvgIpc) is 3.41. The van der Waals surface area contributed by atoms with Gasteiger partial charge >= 0.3 is 5.69 Å². The second-order valence-electron chi connectivity index (χ2n) is 7.32. The van der Waals surface area contributed by atoms with E-state index in [0.717, 1.165) is 22.6 Å². The Morgan fingerprint density at radius 2 is 1.79 bits per heavy atom. The van der Waals surface area contributed by atoms with Crippen molar-refractivity contribution >= 4 is 11.6 Å². The van der Waals surface area contributed by atoms with E-state index in [-0.39, 0.29) is 29.8 Å². The molecule has 4 rings (SSSR count). The summed E-state index contributed by atoms with van der Waals surface area (Å²) in [4.78, 5) is 23.2. The van der Waals surface area contributed by atoms with E-state index < -0.39 is 4.92 Å². The van der Waals surface area contributed by atoms with Crippen molar-refractivity contribution in [2.45, 2.75) is 27.1 Å². The van der Waals surface area contributed by atoms with Gasteiger partial charge < -0.3 is 10.1 Å². The van der Waals surface area contributed by atoms with Crippen LogP contribution in [-0.4, -0.2) is 30.4 Å². The number of hydrogen-bond acceptors (Lipinski definition) is 6. The number of para-hydroxylation sites is 3. The Balaban J connectivity index is 1.39. The van der Waals surface area contributed by atoms with Gasteiger partial charge in [-0.1, -0.05) is 30.3 Å². The van der Waals surface area contributed by atoms with Crippen LogP contribution in [0, 0.1) is 24.0 Å². The highest BCUT2D eigenvalue weighted by Gasteiger charge is 2.17. The van der Waals surface area contributed by atoms with Gasteiger partial charge in [0.15, 0.2) is 12.5 Å². The van der Waals surface area contributed by atoms with Gasteiger partial charge in [0.2, 0.25) is 0 Å². The van der Waals surface area contributed by atoms with Gasteiger partial charge in [-0.15, -0.1) is 0 Å². The second-order valence-corrected chi connectivity index (χ2v) is 7.32. The number of nitro groups is 1. The number of benzene rings is 2. The second kappa shape index (κ2) is 9.35. The lowest BCUT2D eigenvalue weighted by Crippen LogP contribution is -2.24. The average molecular weight is 446 g/mol. The first kappa shape index (κ1) is 21.8. The summed E-state index contributed by atoms with van der Waals surface area (Å²) in [6.45, 7) is 4.11. The minimum absolute atomic E-state index is 0.0693. The first-order chi connectivity index (χ1) is 15.9. The van der Waals surface area contributed by atoms with E-state index >= 15 is 0 Å². The number of rotatable bonds is 8. The van der Waals surface area contributed by atoms with Gasteiger partial charge in [0.25, 0.3) is 5.91 Å². The number of amides is 1. The minimum Gasteiger partial charge on any atom is -0.464 e. The molecular weight excluding hydrogens is 424 g/mol. The summed E-state index contributed by atoms with van der Waals surface area (Å²) in [7, 11) is 0. The summed E-state index contributed by atoms with van der Waals surface area (Å²) in [5.74, 6) is -0.212. The van der Waals surface area contributed by atoms with Crippen LogP contribution in [0.4, 0.5) is 5.69 Å². The normalized spacial score (nSPS) is 10.7. The Kier molecular flexibility index (Phi) is 6.16. The van der Waals surface area contributed by atoms with Gasteiger partial charge in [0, 0.05) is 30.1 Å². The fraction of sp³-hybridized carbons (Fsp3) is 0.174. The highest BCUT2D eigenvalue weighted by atomic mass is 16.6. The maximum atomic E-state index is 12.6. The summed E-state index contributed by atoms with van der Waals surface area (Å²) < 4.78 is 8.75. The molecular formula is C23H22N6O4. The number of nitro benzene ring substituents is 1. The van der Waals surface area contributed by atoms with Crippen LogP contribution in [0.2, 0.25) is 0 Å². The predicted octanol–water partition coefficient (Wildman–Crippen LogP) is 3.56. The van der Waals surface area contributed by atoms with Crippen LogP contribution in [0.15, 0.2) is 66.9 Å². The SMILES string of the molecule is Cc1nn(-c2ccccc2)c(C)c1CNC(=O)c1ccn(COc2ccccc2[N+](=O)[O-])n1. The molecule has 10 heteroatoms. The van der Waals surface area contributed by atoms with Crippen molar-refractivity contribution in [3.8, 4) is 11.4 Å². The molecule has 1 N–H and O–H groups in total. The molecule has 0 spiro atoms. The van der Waals surface area contributed by atoms with E-state index in [1.165, 1.54) is 16.8 Å². The van der Waals surface area contributed by atoms with Crippen molar-refractivity contribution < 1.29 is 14.5 Å². The highest BCUT2D eigenvalue weighted by molar-refractivity contribution is 5.92. The molecule has 0 fully saturated rings. The minimum atomic E-state index is -0.513. The molecule has 10 nitrogen and oxygen atoms in total. The van der Waals surface area contributed by atoms with E-state index in [1.54, 1.807) is 24.4 Å². The van der Waals surface area contributed by atoms with E-state index in [4.69, 9.17) is 4.74 Å². The molecule has 168 valence electrons. The lowest BCUT2D eigenvalue weighted by Gasteiger charge is -2.07. The molecule has 4 aromatic rings. The molecule has 0 saturated heterocycles. The molecule has 2 heterocycles. The van der Waals surface area contributed by atoms with Crippen molar-refractivity contribution in [1.29, 1.82) is 0 Å². The van der Waals surface area contributed by atoms with E-state index in [9.17, 15) is 14.9 Å². The zero-order valence-electron chi connectivity index (χ0n) is 18.1. The Morgan fingerprint density at radius 3 is 2.55 bits per heavy atom. The highest BCUT2D eigenvalue weighted by Crippen LogP contribution is 2.26. The van der Waals surface area contributed by atoms with Gasteiger partial charge in [-0.05, 0) is 38.1 Å². The van der Waals surface area contributed by atoms with Crippen LogP contribution in [0.5, 0.6) is 5.75 Å². The van der Waals surface area contributed by atoms with Crippen molar-refractivity contribution in [3.05, 3.63) is 99.6 Å². The Bertz CT molecular complexity index is 1300. The molecule has 0 radical (unpaired) electrons. The molecule has 0 aliphatic carbocycles. The monoisotopic (exact) mass is 446 g/mol. The van der Waals surface area contributed by atoms with Gasteiger partial charge in [0.1, 0.15) is 5.69 Å². The predicted molar refractivity (Wildman–Crippen MR) is 120 cm³/mol. The van der Waals surface area contributed by atoms with E-state index in [1.807, 2.05) is 48.9 Å².